The fourth-order valence-electron chi connectivity index (χ4n) is 2.10. The highest BCUT2D eigenvalue weighted by Crippen LogP contribution is 2.35. The van der Waals surface area contributed by atoms with Crippen molar-refractivity contribution in [3.8, 4) is 5.75 Å². The Morgan fingerprint density at radius 2 is 2.00 bits per heavy atom. The maximum Gasteiger partial charge on any atom is 0.265 e. The maximum atomic E-state index is 12.0. The van der Waals surface area contributed by atoms with Gasteiger partial charge in [0.1, 0.15) is 5.75 Å². The van der Waals surface area contributed by atoms with E-state index in [1.807, 2.05) is 27.7 Å². The quantitative estimate of drug-likeness (QED) is 0.922. The summed E-state index contributed by atoms with van der Waals surface area (Å²) in [6.45, 7) is 7.63. The predicted octanol–water partition coefficient (Wildman–Crippen LogP) is 2.41. The summed E-state index contributed by atoms with van der Waals surface area (Å²) in [4.78, 5) is 25.4. The smallest absolute Gasteiger partial charge is 0.265 e. The molecule has 1 aromatic carbocycles. The van der Waals surface area contributed by atoms with E-state index in [4.69, 9.17) is 4.74 Å². The highest BCUT2D eigenvalue weighted by Gasteiger charge is 2.28. The minimum atomic E-state index is -0.0925. The van der Waals surface area contributed by atoms with E-state index in [1.54, 1.807) is 23.1 Å². The largest absolute Gasteiger partial charge is 0.482 e. The molecule has 1 N–H and O–H groups in total. The molecule has 0 radical (unpaired) electrons. The van der Waals surface area contributed by atoms with E-state index in [-0.39, 0.29) is 30.4 Å². The van der Waals surface area contributed by atoms with Crippen LogP contribution in [0.15, 0.2) is 18.2 Å². The molecule has 0 atom stereocenters. The summed E-state index contributed by atoms with van der Waals surface area (Å²) in [6.07, 6.45) is 0. The van der Waals surface area contributed by atoms with Crippen molar-refractivity contribution in [3.05, 3.63) is 18.2 Å². The van der Waals surface area contributed by atoms with Gasteiger partial charge in [-0.15, -0.1) is 0 Å². The number of ether oxygens (including phenoxy) is 1. The van der Waals surface area contributed by atoms with Crippen LogP contribution in [0.1, 0.15) is 27.7 Å². The molecule has 0 fully saturated rings. The van der Waals surface area contributed by atoms with Gasteiger partial charge in [-0.25, -0.2) is 0 Å². The number of hydrogen-bond acceptors (Lipinski definition) is 3. The number of hydrogen-bond donors (Lipinski definition) is 1. The third-order valence-corrected chi connectivity index (χ3v) is 3.15. The Hall–Kier alpha value is -2.04. The van der Waals surface area contributed by atoms with Crippen LogP contribution in [-0.4, -0.2) is 24.5 Å². The fraction of sp³-hybridized carbons (Fsp3) is 0.467. The van der Waals surface area contributed by atoms with Gasteiger partial charge in [0, 0.05) is 17.6 Å². The average Bonchev–Trinajstić information content (AvgIpc) is 2.37. The van der Waals surface area contributed by atoms with E-state index in [9.17, 15) is 9.59 Å². The standard InChI is InChI=1S/C15H20N2O3/c1-9(2)15(19)16-11-5-6-13-12(7-11)17(10(3)4)14(18)8-20-13/h5-7,9-10H,8H2,1-4H3,(H,16,19). The molecule has 2 rings (SSSR count). The third-order valence-electron chi connectivity index (χ3n) is 3.15. The lowest BCUT2D eigenvalue weighted by Crippen LogP contribution is -2.43. The first-order chi connectivity index (χ1) is 9.40. The molecule has 0 saturated carbocycles. The first-order valence-electron chi connectivity index (χ1n) is 6.80. The number of nitrogens with zero attached hydrogens (tertiary/aromatic N) is 1. The van der Waals surface area contributed by atoms with Crippen LogP contribution in [0.3, 0.4) is 0 Å². The lowest BCUT2D eigenvalue weighted by Gasteiger charge is -2.32. The van der Waals surface area contributed by atoms with E-state index in [1.165, 1.54) is 0 Å². The minimum Gasteiger partial charge on any atom is -0.482 e. The van der Waals surface area contributed by atoms with E-state index >= 15 is 0 Å². The van der Waals surface area contributed by atoms with Gasteiger partial charge in [0.05, 0.1) is 5.69 Å². The lowest BCUT2D eigenvalue weighted by molar-refractivity contribution is -0.121. The van der Waals surface area contributed by atoms with E-state index in [2.05, 4.69) is 5.32 Å². The summed E-state index contributed by atoms with van der Waals surface area (Å²) in [7, 11) is 0. The van der Waals surface area contributed by atoms with Crippen LogP contribution in [0.25, 0.3) is 0 Å². The SMILES string of the molecule is CC(C)C(=O)Nc1ccc2c(c1)N(C(C)C)C(=O)CO2. The molecule has 0 unspecified atom stereocenters. The summed E-state index contributed by atoms with van der Waals surface area (Å²) < 4.78 is 5.42. The molecule has 1 aromatic rings. The molecule has 5 heteroatoms. The van der Waals surface area contributed by atoms with Crippen LogP contribution < -0.4 is 15.0 Å². The molecule has 0 saturated heterocycles. The number of rotatable bonds is 3. The number of amides is 2. The molecule has 0 aromatic heterocycles. The predicted molar refractivity (Wildman–Crippen MR) is 78.0 cm³/mol. The van der Waals surface area contributed by atoms with Crippen LogP contribution in [0.5, 0.6) is 5.75 Å². The molecule has 1 aliphatic rings. The van der Waals surface area contributed by atoms with Crippen molar-refractivity contribution in [1.29, 1.82) is 0 Å². The van der Waals surface area contributed by atoms with Gasteiger partial charge in [-0.2, -0.15) is 0 Å². The molecular formula is C15H20N2O3. The summed E-state index contributed by atoms with van der Waals surface area (Å²) in [5.41, 5.74) is 1.38. The summed E-state index contributed by atoms with van der Waals surface area (Å²) in [5, 5.41) is 2.83. The van der Waals surface area contributed by atoms with Crippen molar-refractivity contribution in [2.24, 2.45) is 5.92 Å². The Balaban J connectivity index is 2.33. The van der Waals surface area contributed by atoms with E-state index in [0.717, 1.165) is 0 Å². The van der Waals surface area contributed by atoms with Gasteiger partial charge in [-0.1, -0.05) is 13.8 Å². The topological polar surface area (TPSA) is 58.6 Å². The number of anilines is 2. The second kappa shape index (κ2) is 5.53. The number of nitrogens with one attached hydrogen (secondary N) is 1. The number of carbonyl (C=O) groups excluding carboxylic acids is 2. The Bertz CT molecular complexity index is 538. The molecule has 0 spiro atoms. The lowest BCUT2D eigenvalue weighted by atomic mass is 10.1. The van der Waals surface area contributed by atoms with Crippen molar-refractivity contribution in [2.45, 2.75) is 33.7 Å². The van der Waals surface area contributed by atoms with Crippen molar-refractivity contribution in [2.75, 3.05) is 16.8 Å². The Labute approximate surface area is 118 Å². The van der Waals surface area contributed by atoms with Gasteiger partial charge in [0.25, 0.3) is 5.91 Å². The monoisotopic (exact) mass is 276 g/mol. The zero-order valence-electron chi connectivity index (χ0n) is 12.3. The summed E-state index contributed by atoms with van der Waals surface area (Å²) in [6, 6.07) is 5.40. The Morgan fingerprint density at radius 1 is 1.30 bits per heavy atom. The summed E-state index contributed by atoms with van der Waals surface area (Å²) >= 11 is 0. The molecule has 108 valence electrons. The molecule has 20 heavy (non-hydrogen) atoms. The zero-order chi connectivity index (χ0) is 14.9. The van der Waals surface area contributed by atoms with Crippen LogP contribution in [0.4, 0.5) is 11.4 Å². The van der Waals surface area contributed by atoms with E-state index < -0.39 is 0 Å². The molecule has 0 aliphatic carbocycles. The first kappa shape index (κ1) is 14.4. The molecule has 1 heterocycles. The Morgan fingerprint density at radius 3 is 2.60 bits per heavy atom. The molecule has 2 amide bonds. The van der Waals surface area contributed by atoms with Crippen molar-refractivity contribution in [3.63, 3.8) is 0 Å². The second-order valence-electron chi connectivity index (χ2n) is 5.47. The highest BCUT2D eigenvalue weighted by molar-refractivity contribution is 6.00. The maximum absolute atomic E-state index is 12.0. The molecule has 5 nitrogen and oxygen atoms in total. The van der Waals surface area contributed by atoms with Gasteiger partial charge < -0.3 is 15.0 Å². The first-order valence-corrected chi connectivity index (χ1v) is 6.80. The van der Waals surface area contributed by atoms with Gasteiger partial charge in [-0.05, 0) is 32.0 Å². The molecule has 0 bridgehead atoms. The van der Waals surface area contributed by atoms with Crippen molar-refractivity contribution < 1.29 is 14.3 Å². The number of benzene rings is 1. The number of carbonyl (C=O) groups is 2. The van der Waals surface area contributed by atoms with Crippen LogP contribution >= 0.6 is 0 Å². The minimum absolute atomic E-state index is 0.0428. The van der Waals surface area contributed by atoms with Gasteiger partial charge >= 0.3 is 0 Å². The van der Waals surface area contributed by atoms with Gasteiger partial charge in [-0.3, -0.25) is 9.59 Å². The van der Waals surface area contributed by atoms with Crippen LogP contribution in [0, 0.1) is 5.92 Å². The van der Waals surface area contributed by atoms with Crippen LogP contribution in [-0.2, 0) is 9.59 Å². The van der Waals surface area contributed by atoms with Crippen molar-refractivity contribution >= 4 is 23.2 Å². The Kier molecular flexibility index (Phi) is 3.97. The zero-order valence-corrected chi connectivity index (χ0v) is 12.3. The van der Waals surface area contributed by atoms with Gasteiger partial charge in [0.15, 0.2) is 6.61 Å². The average molecular weight is 276 g/mol. The van der Waals surface area contributed by atoms with Crippen molar-refractivity contribution in [1.82, 2.24) is 0 Å². The number of fused-ring (bicyclic) bond motifs is 1. The highest BCUT2D eigenvalue weighted by atomic mass is 16.5. The second-order valence-corrected chi connectivity index (χ2v) is 5.47. The third kappa shape index (κ3) is 2.76. The van der Waals surface area contributed by atoms with Gasteiger partial charge in [0.2, 0.25) is 5.91 Å². The van der Waals surface area contributed by atoms with Crippen LogP contribution in [0.2, 0.25) is 0 Å². The molecule has 1 aliphatic heterocycles. The fourth-order valence-corrected chi connectivity index (χ4v) is 2.10. The summed E-state index contributed by atoms with van der Waals surface area (Å²) in [5.74, 6) is 0.454. The normalized spacial score (nSPS) is 14.3. The molecular weight excluding hydrogens is 256 g/mol. The van der Waals surface area contributed by atoms with E-state index in [0.29, 0.717) is 17.1 Å².